The number of benzene rings is 1. The van der Waals surface area contributed by atoms with Crippen molar-refractivity contribution in [2.24, 2.45) is 5.92 Å². The quantitative estimate of drug-likeness (QED) is 0.605. The molecule has 1 amide bonds. The molecule has 0 saturated carbocycles. The summed E-state index contributed by atoms with van der Waals surface area (Å²) >= 11 is 1.17. The Labute approximate surface area is 187 Å². The van der Waals surface area contributed by atoms with Gasteiger partial charge >= 0.3 is 5.97 Å². The molecule has 1 aliphatic rings. The Morgan fingerprint density at radius 3 is 2.58 bits per heavy atom. The van der Waals surface area contributed by atoms with Crippen LogP contribution in [0.5, 0.6) is 0 Å². The number of amides is 1. The van der Waals surface area contributed by atoms with Crippen molar-refractivity contribution in [3.63, 3.8) is 0 Å². The van der Waals surface area contributed by atoms with Crippen molar-refractivity contribution in [2.75, 3.05) is 13.1 Å². The van der Waals surface area contributed by atoms with Crippen molar-refractivity contribution in [2.45, 2.75) is 49.5 Å². The molecule has 1 N–H and O–H groups in total. The molecular weight excluding hydrogens is 436 g/mol. The minimum atomic E-state index is -3.60. The van der Waals surface area contributed by atoms with Gasteiger partial charge in [-0.1, -0.05) is 36.4 Å². The zero-order chi connectivity index (χ0) is 22.4. The molecule has 3 rings (SSSR count). The van der Waals surface area contributed by atoms with Crippen LogP contribution in [-0.2, 0) is 24.3 Å². The number of piperidine rings is 1. The third kappa shape index (κ3) is 6.15. The van der Waals surface area contributed by atoms with E-state index in [1.807, 2.05) is 30.3 Å². The van der Waals surface area contributed by atoms with Crippen molar-refractivity contribution in [3.05, 3.63) is 53.4 Å². The predicted octanol–water partition coefficient (Wildman–Crippen LogP) is 3.35. The molecule has 0 spiro atoms. The van der Waals surface area contributed by atoms with Crippen LogP contribution in [0.25, 0.3) is 0 Å². The summed E-state index contributed by atoms with van der Waals surface area (Å²) in [7, 11) is -3.60. The summed E-state index contributed by atoms with van der Waals surface area (Å²) in [6.45, 7) is 4.08. The van der Waals surface area contributed by atoms with Gasteiger partial charge in [0, 0.05) is 13.1 Å². The van der Waals surface area contributed by atoms with Crippen molar-refractivity contribution >= 4 is 33.2 Å². The fourth-order valence-electron chi connectivity index (χ4n) is 3.62. The van der Waals surface area contributed by atoms with E-state index >= 15 is 0 Å². The number of carbonyl (C=O) groups is 2. The van der Waals surface area contributed by atoms with Gasteiger partial charge < -0.3 is 10.1 Å². The topological polar surface area (TPSA) is 92.8 Å². The van der Waals surface area contributed by atoms with Gasteiger partial charge in [-0.2, -0.15) is 4.31 Å². The Morgan fingerprint density at radius 1 is 1.19 bits per heavy atom. The van der Waals surface area contributed by atoms with E-state index in [1.54, 1.807) is 31.4 Å². The maximum atomic E-state index is 13.1. The van der Waals surface area contributed by atoms with Crippen LogP contribution in [-0.4, -0.2) is 43.8 Å². The molecule has 2 unspecified atom stereocenters. The summed E-state index contributed by atoms with van der Waals surface area (Å²) in [5, 5.41) is 4.68. The molecule has 31 heavy (non-hydrogen) atoms. The van der Waals surface area contributed by atoms with E-state index in [1.165, 1.54) is 15.6 Å². The molecular formula is C22H28N2O5S2. The minimum Gasteiger partial charge on any atom is -0.463 e. The average molecular weight is 465 g/mol. The second kappa shape index (κ2) is 10.4. The molecule has 0 bridgehead atoms. The zero-order valence-corrected chi connectivity index (χ0v) is 19.3. The molecule has 1 aliphatic heterocycles. The van der Waals surface area contributed by atoms with Crippen molar-refractivity contribution in [3.8, 4) is 0 Å². The number of carbonyl (C=O) groups excluding carboxylic acids is 2. The van der Waals surface area contributed by atoms with Crippen molar-refractivity contribution in [1.82, 2.24) is 9.62 Å². The molecule has 0 aliphatic carbocycles. The molecule has 7 nitrogen and oxygen atoms in total. The van der Waals surface area contributed by atoms with Gasteiger partial charge in [-0.05, 0) is 43.7 Å². The van der Waals surface area contributed by atoms with Crippen molar-refractivity contribution < 1.29 is 22.7 Å². The molecule has 1 aromatic heterocycles. The first-order valence-electron chi connectivity index (χ1n) is 10.4. The van der Waals surface area contributed by atoms with Crippen LogP contribution < -0.4 is 5.32 Å². The molecule has 0 radical (unpaired) electrons. The van der Waals surface area contributed by atoms with Gasteiger partial charge in [0.1, 0.15) is 4.21 Å². The van der Waals surface area contributed by atoms with Gasteiger partial charge in [0.2, 0.25) is 5.91 Å². The van der Waals surface area contributed by atoms with Gasteiger partial charge in [0.15, 0.2) is 0 Å². The van der Waals surface area contributed by atoms with Crippen LogP contribution in [0.1, 0.15) is 44.7 Å². The van der Waals surface area contributed by atoms with E-state index in [0.717, 1.165) is 5.56 Å². The number of nitrogens with zero attached hydrogens (tertiary/aromatic N) is 1. The maximum Gasteiger partial charge on any atom is 0.308 e. The van der Waals surface area contributed by atoms with Gasteiger partial charge in [-0.3, -0.25) is 9.59 Å². The first-order valence-corrected chi connectivity index (χ1v) is 12.7. The molecule has 2 atom stereocenters. The highest BCUT2D eigenvalue weighted by molar-refractivity contribution is 7.91. The fraction of sp³-hybridized carbons (Fsp3) is 0.455. The van der Waals surface area contributed by atoms with E-state index in [2.05, 4.69) is 5.32 Å². The lowest BCUT2D eigenvalue weighted by atomic mass is 9.97. The number of esters is 1. The largest absolute Gasteiger partial charge is 0.463 e. The molecule has 1 saturated heterocycles. The maximum absolute atomic E-state index is 13.1. The van der Waals surface area contributed by atoms with Crippen LogP contribution >= 0.6 is 11.3 Å². The lowest BCUT2D eigenvalue weighted by molar-refractivity contribution is -0.148. The van der Waals surface area contributed by atoms with E-state index in [4.69, 9.17) is 4.74 Å². The highest BCUT2D eigenvalue weighted by Gasteiger charge is 2.34. The van der Waals surface area contributed by atoms with Crippen LogP contribution in [0, 0.1) is 5.92 Å². The number of ether oxygens (including phenoxy) is 1. The number of sulfonamides is 1. The Kier molecular flexibility index (Phi) is 7.85. The number of hydrogen-bond donors (Lipinski definition) is 1. The van der Waals surface area contributed by atoms with Crippen LogP contribution in [0.3, 0.4) is 0 Å². The van der Waals surface area contributed by atoms with Gasteiger partial charge in [-0.25, -0.2) is 8.42 Å². The standard InChI is InChI=1S/C22H28N2O5S2/c1-16(2)29-20(25)14-19(17-8-4-3-5-9-17)23-22(26)18-10-6-12-24(15-18)31(27,28)21-11-7-13-30-21/h3-5,7-9,11,13,16,18-19H,6,10,12,14-15H2,1-2H3,(H,23,26). The van der Waals surface area contributed by atoms with Gasteiger partial charge in [-0.15, -0.1) is 11.3 Å². The minimum absolute atomic E-state index is 0.0118. The lowest BCUT2D eigenvalue weighted by Gasteiger charge is -2.32. The highest BCUT2D eigenvalue weighted by atomic mass is 32.2. The Hall–Kier alpha value is -2.23. The predicted molar refractivity (Wildman–Crippen MR) is 119 cm³/mol. The molecule has 1 aromatic carbocycles. The second-order valence-corrected chi connectivity index (χ2v) is 11.0. The van der Waals surface area contributed by atoms with Gasteiger partial charge in [0.05, 0.1) is 24.5 Å². The van der Waals surface area contributed by atoms with E-state index < -0.39 is 28.0 Å². The lowest BCUT2D eigenvalue weighted by Crippen LogP contribution is -2.46. The zero-order valence-electron chi connectivity index (χ0n) is 17.7. The van der Waals surface area contributed by atoms with Crippen LogP contribution in [0.2, 0.25) is 0 Å². The van der Waals surface area contributed by atoms with Crippen molar-refractivity contribution in [1.29, 1.82) is 0 Å². The van der Waals surface area contributed by atoms with Gasteiger partial charge in [0.25, 0.3) is 10.0 Å². The number of nitrogens with one attached hydrogen (secondary N) is 1. The second-order valence-electron chi connectivity index (χ2n) is 7.85. The third-order valence-corrected chi connectivity index (χ3v) is 8.34. The van der Waals surface area contributed by atoms with E-state index in [9.17, 15) is 18.0 Å². The van der Waals surface area contributed by atoms with Crippen LogP contribution in [0.15, 0.2) is 52.1 Å². The average Bonchev–Trinajstić information content (AvgIpc) is 3.29. The summed E-state index contributed by atoms with van der Waals surface area (Å²) in [5.74, 6) is -1.12. The number of rotatable bonds is 8. The SMILES string of the molecule is CC(C)OC(=O)CC(NC(=O)C1CCCN(S(=O)(=O)c2cccs2)C1)c1ccccc1. The summed E-state index contributed by atoms with van der Waals surface area (Å²) < 4.78 is 32.6. The monoisotopic (exact) mass is 464 g/mol. The number of thiophene rings is 1. The number of hydrogen-bond acceptors (Lipinski definition) is 6. The molecule has 168 valence electrons. The Bertz CT molecular complexity index is 975. The van der Waals surface area contributed by atoms with Crippen LogP contribution in [0.4, 0.5) is 0 Å². The molecule has 1 fully saturated rings. The summed E-state index contributed by atoms with van der Waals surface area (Å²) in [5.41, 5.74) is 0.801. The summed E-state index contributed by atoms with van der Waals surface area (Å²) in [4.78, 5) is 25.3. The first-order chi connectivity index (χ1) is 14.8. The highest BCUT2D eigenvalue weighted by Crippen LogP contribution is 2.27. The molecule has 2 heterocycles. The van der Waals surface area contributed by atoms with E-state index in [-0.39, 0.29) is 29.2 Å². The smallest absolute Gasteiger partial charge is 0.308 e. The normalized spacial score (nSPS) is 18.5. The molecule has 9 heteroatoms. The Morgan fingerprint density at radius 2 is 1.94 bits per heavy atom. The Balaban J connectivity index is 1.71. The molecule has 2 aromatic rings. The summed E-state index contributed by atoms with van der Waals surface area (Å²) in [6.07, 6.45) is 0.973. The first kappa shape index (κ1) is 23.4. The fourth-order valence-corrected chi connectivity index (χ4v) is 6.29. The summed E-state index contributed by atoms with van der Waals surface area (Å²) in [6, 6.07) is 12.0. The third-order valence-electron chi connectivity index (χ3n) is 5.10. The van der Waals surface area contributed by atoms with E-state index in [0.29, 0.717) is 19.4 Å².